The average molecular weight is 495 g/mol. The molecular formula is C19H13BrClN3O4S. The second-order valence-corrected chi connectivity index (χ2v) is 7.80. The number of amides is 1. The molecule has 0 spiro atoms. The fraction of sp³-hybridized carbons (Fsp3) is 0.0526. The predicted molar refractivity (Wildman–Crippen MR) is 118 cm³/mol. The molecule has 1 aromatic heterocycles. The lowest BCUT2D eigenvalue weighted by atomic mass is 10.2. The van der Waals surface area contributed by atoms with Gasteiger partial charge in [0.15, 0.2) is 5.13 Å². The van der Waals surface area contributed by atoms with Crippen molar-refractivity contribution in [2.24, 2.45) is 0 Å². The molecule has 10 heteroatoms. The molecule has 0 bridgehead atoms. The first kappa shape index (κ1) is 21.0. The van der Waals surface area contributed by atoms with Crippen LogP contribution in [0, 0.1) is 10.1 Å². The molecule has 0 unspecified atom stereocenters. The fourth-order valence-electron chi connectivity index (χ4n) is 2.38. The van der Waals surface area contributed by atoms with Crippen LogP contribution in [-0.2, 0) is 4.79 Å². The molecule has 0 aliphatic carbocycles. The molecule has 0 saturated carbocycles. The average Bonchev–Trinajstić information content (AvgIpc) is 3.15. The van der Waals surface area contributed by atoms with Gasteiger partial charge in [-0.15, -0.1) is 11.3 Å². The van der Waals surface area contributed by atoms with Gasteiger partial charge in [0.2, 0.25) is 5.91 Å². The summed E-state index contributed by atoms with van der Waals surface area (Å²) in [5.41, 5.74) is 1.85. The quantitative estimate of drug-likeness (QED) is 0.266. The number of anilines is 1. The van der Waals surface area contributed by atoms with Crippen LogP contribution < -0.4 is 10.1 Å². The number of methoxy groups -OCH3 is 1. The monoisotopic (exact) mass is 493 g/mol. The number of benzene rings is 2. The normalized spacial score (nSPS) is 10.9. The molecule has 0 aliphatic heterocycles. The van der Waals surface area contributed by atoms with E-state index < -0.39 is 10.8 Å². The molecule has 0 radical (unpaired) electrons. The minimum absolute atomic E-state index is 0.0390. The van der Waals surface area contributed by atoms with E-state index in [2.05, 4.69) is 26.2 Å². The molecule has 7 nitrogen and oxygen atoms in total. The molecule has 0 fully saturated rings. The Morgan fingerprint density at radius 1 is 1.34 bits per heavy atom. The lowest BCUT2D eigenvalue weighted by Crippen LogP contribution is -2.07. The van der Waals surface area contributed by atoms with E-state index in [0.29, 0.717) is 22.1 Å². The van der Waals surface area contributed by atoms with Crippen molar-refractivity contribution in [2.45, 2.75) is 0 Å². The van der Waals surface area contributed by atoms with Gasteiger partial charge in [0.25, 0.3) is 5.69 Å². The highest BCUT2D eigenvalue weighted by Gasteiger charge is 2.12. The Morgan fingerprint density at radius 2 is 2.14 bits per heavy atom. The largest absolute Gasteiger partial charge is 0.496 e. The van der Waals surface area contributed by atoms with E-state index in [1.807, 2.05) is 23.6 Å². The number of hydrogen-bond acceptors (Lipinski definition) is 6. The maximum absolute atomic E-state index is 12.1. The van der Waals surface area contributed by atoms with Gasteiger partial charge in [-0.3, -0.25) is 20.2 Å². The number of nitro benzene ring substituents is 1. The number of carbonyl (C=O) groups is 1. The molecule has 3 rings (SSSR count). The summed E-state index contributed by atoms with van der Waals surface area (Å²) in [5, 5.41) is 15.9. The van der Waals surface area contributed by atoms with Crippen molar-refractivity contribution in [3.05, 3.63) is 73.0 Å². The summed E-state index contributed by atoms with van der Waals surface area (Å²) >= 11 is 10.5. The highest BCUT2D eigenvalue weighted by Crippen LogP contribution is 2.32. The summed E-state index contributed by atoms with van der Waals surface area (Å²) in [6, 6.07) is 9.88. The van der Waals surface area contributed by atoms with Crippen LogP contribution in [0.3, 0.4) is 0 Å². The number of nitro groups is 1. The predicted octanol–water partition coefficient (Wildman–Crippen LogP) is 5.79. The summed E-state index contributed by atoms with van der Waals surface area (Å²) in [6.07, 6.45) is 2.74. The zero-order valence-electron chi connectivity index (χ0n) is 14.9. The van der Waals surface area contributed by atoms with Crippen molar-refractivity contribution in [1.82, 2.24) is 4.98 Å². The molecule has 0 aliphatic rings. The van der Waals surface area contributed by atoms with Gasteiger partial charge in [-0.1, -0.05) is 17.7 Å². The first-order chi connectivity index (χ1) is 13.9. The number of hydrogen-bond donors (Lipinski definition) is 1. The molecular weight excluding hydrogens is 482 g/mol. The molecule has 0 atom stereocenters. The fourth-order valence-corrected chi connectivity index (χ4v) is 3.83. The van der Waals surface area contributed by atoms with Crippen LogP contribution >= 0.6 is 38.9 Å². The Hall–Kier alpha value is -2.75. The van der Waals surface area contributed by atoms with E-state index >= 15 is 0 Å². The van der Waals surface area contributed by atoms with Crippen LogP contribution in [0.15, 0.2) is 52.3 Å². The van der Waals surface area contributed by atoms with E-state index in [-0.39, 0.29) is 10.7 Å². The second kappa shape index (κ2) is 9.17. The lowest BCUT2D eigenvalue weighted by molar-refractivity contribution is -0.384. The number of thiazole rings is 1. The first-order valence-electron chi connectivity index (χ1n) is 8.10. The van der Waals surface area contributed by atoms with Gasteiger partial charge in [-0.05, 0) is 51.8 Å². The molecule has 1 heterocycles. The molecule has 1 amide bonds. The third-order valence-electron chi connectivity index (χ3n) is 3.78. The number of nitrogens with zero attached hydrogens (tertiary/aromatic N) is 2. The summed E-state index contributed by atoms with van der Waals surface area (Å²) in [7, 11) is 1.59. The Morgan fingerprint density at radius 3 is 2.83 bits per heavy atom. The number of halogens is 2. The number of ether oxygens (including phenoxy) is 1. The number of aromatic nitrogens is 1. The Bertz CT molecular complexity index is 1120. The van der Waals surface area contributed by atoms with Gasteiger partial charge >= 0.3 is 0 Å². The van der Waals surface area contributed by atoms with Gasteiger partial charge in [0.05, 0.1) is 22.2 Å². The van der Waals surface area contributed by atoms with Crippen LogP contribution in [0.2, 0.25) is 5.02 Å². The number of nitrogens with one attached hydrogen (secondary N) is 1. The van der Waals surface area contributed by atoms with Crippen molar-refractivity contribution in [3.8, 4) is 17.0 Å². The van der Waals surface area contributed by atoms with Gasteiger partial charge in [-0.2, -0.15) is 0 Å². The third-order valence-corrected chi connectivity index (χ3v) is 5.47. The van der Waals surface area contributed by atoms with E-state index in [1.165, 1.54) is 35.6 Å². The molecule has 1 N–H and O–H groups in total. The Kier molecular flexibility index (Phi) is 6.63. The summed E-state index contributed by atoms with van der Waals surface area (Å²) < 4.78 is 6.01. The van der Waals surface area contributed by atoms with E-state index in [9.17, 15) is 14.9 Å². The smallest absolute Gasteiger partial charge is 0.288 e. The van der Waals surface area contributed by atoms with Crippen LogP contribution in [0.25, 0.3) is 17.3 Å². The van der Waals surface area contributed by atoms with Crippen molar-refractivity contribution >= 4 is 61.7 Å². The molecule has 0 saturated heterocycles. The topological polar surface area (TPSA) is 94.4 Å². The standard InChI is InChI=1S/C19H13BrClN3O4S/c1-28-17-6-4-12(9-13(17)20)15-10-29-19(22-15)23-18(25)7-3-11-2-5-14(21)16(8-11)24(26)27/h2-10H,1H3,(H,22,23,25). The molecule has 148 valence electrons. The zero-order chi connectivity index (χ0) is 21.0. The molecule has 29 heavy (non-hydrogen) atoms. The van der Waals surface area contributed by atoms with Gasteiger partial charge in [0, 0.05) is 23.1 Å². The van der Waals surface area contributed by atoms with Crippen molar-refractivity contribution in [1.29, 1.82) is 0 Å². The Balaban J connectivity index is 1.69. The lowest BCUT2D eigenvalue weighted by Gasteiger charge is -2.04. The van der Waals surface area contributed by atoms with Crippen LogP contribution in [-0.4, -0.2) is 22.9 Å². The molecule has 3 aromatic rings. The molecule has 2 aromatic carbocycles. The van der Waals surface area contributed by atoms with Crippen molar-refractivity contribution < 1.29 is 14.5 Å². The van der Waals surface area contributed by atoms with E-state index in [0.717, 1.165) is 10.0 Å². The van der Waals surface area contributed by atoms with E-state index in [1.54, 1.807) is 13.2 Å². The summed E-state index contributed by atoms with van der Waals surface area (Å²) in [5.74, 6) is 0.310. The van der Waals surface area contributed by atoms with Gasteiger partial charge < -0.3 is 4.74 Å². The SMILES string of the molecule is COc1ccc(-c2csc(NC(=O)C=Cc3ccc(Cl)c([N+](=O)[O-])c3)n2)cc1Br. The highest BCUT2D eigenvalue weighted by atomic mass is 79.9. The maximum Gasteiger partial charge on any atom is 0.288 e. The second-order valence-electron chi connectivity index (χ2n) is 5.68. The summed E-state index contributed by atoms with van der Waals surface area (Å²) in [4.78, 5) is 26.9. The number of carbonyl (C=O) groups excluding carboxylic acids is 1. The van der Waals surface area contributed by atoms with Crippen molar-refractivity contribution in [3.63, 3.8) is 0 Å². The van der Waals surface area contributed by atoms with Crippen molar-refractivity contribution in [2.75, 3.05) is 12.4 Å². The van der Waals surface area contributed by atoms with Crippen LogP contribution in [0.4, 0.5) is 10.8 Å². The van der Waals surface area contributed by atoms with Gasteiger partial charge in [-0.25, -0.2) is 4.98 Å². The first-order valence-corrected chi connectivity index (χ1v) is 10.1. The number of rotatable bonds is 6. The van der Waals surface area contributed by atoms with Crippen LogP contribution in [0.1, 0.15) is 5.56 Å². The van der Waals surface area contributed by atoms with E-state index in [4.69, 9.17) is 16.3 Å². The third kappa shape index (κ3) is 5.20. The zero-order valence-corrected chi connectivity index (χ0v) is 18.0. The van der Waals surface area contributed by atoms with Crippen LogP contribution in [0.5, 0.6) is 5.75 Å². The minimum Gasteiger partial charge on any atom is -0.496 e. The highest BCUT2D eigenvalue weighted by molar-refractivity contribution is 9.10. The Labute approximate surface area is 183 Å². The van der Waals surface area contributed by atoms with Gasteiger partial charge in [0.1, 0.15) is 10.8 Å². The summed E-state index contributed by atoms with van der Waals surface area (Å²) in [6.45, 7) is 0. The minimum atomic E-state index is -0.575. The maximum atomic E-state index is 12.1.